The van der Waals surface area contributed by atoms with Gasteiger partial charge >= 0.3 is 5.97 Å². The van der Waals surface area contributed by atoms with Crippen LogP contribution in [0.1, 0.15) is 33.7 Å². The molecule has 1 aliphatic rings. The lowest BCUT2D eigenvalue weighted by atomic mass is 10.0. The molecule has 2 aromatic heterocycles. The molecule has 0 bridgehead atoms. The highest BCUT2D eigenvalue weighted by molar-refractivity contribution is 7.22. The van der Waals surface area contributed by atoms with Crippen LogP contribution in [0.4, 0.5) is 5.13 Å². The second-order valence-electron chi connectivity index (χ2n) is 6.47. The molecule has 1 aliphatic heterocycles. The van der Waals surface area contributed by atoms with E-state index in [1.807, 2.05) is 6.07 Å². The summed E-state index contributed by atoms with van der Waals surface area (Å²) < 4.78 is 1.17. The van der Waals surface area contributed by atoms with Crippen molar-refractivity contribution in [1.82, 2.24) is 9.97 Å². The Morgan fingerprint density at radius 2 is 2.15 bits per heavy atom. The van der Waals surface area contributed by atoms with E-state index in [2.05, 4.69) is 41.1 Å². The van der Waals surface area contributed by atoms with Gasteiger partial charge in [-0.15, -0.1) is 0 Å². The van der Waals surface area contributed by atoms with Gasteiger partial charge in [-0.1, -0.05) is 35.6 Å². The highest BCUT2D eigenvalue weighted by Gasteiger charge is 2.16. The van der Waals surface area contributed by atoms with Crippen molar-refractivity contribution >= 4 is 32.7 Å². The van der Waals surface area contributed by atoms with E-state index >= 15 is 0 Å². The molecule has 1 N–H and O–H groups in total. The molecular weight excluding hydrogens is 346 g/mol. The van der Waals surface area contributed by atoms with Gasteiger partial charge in [-0.2, -0.15) is 0 Å². The van der Waals surface area contributed by atoms with E-state index in [1.54, 1.807) is 17.4 Å². The molecule has 0 atom stereocenters. The Morgan fingerprint density at radius 3 is 2.92 bits per heavy atom. The van der Waals surface area contributed by atoms with E-state index in [0.717, 1.165) is 41.4 Å². The minimum Gasteiger partial charge on any atom is -0.477 e. The zero-order valence-corrected chi connectivity index (χ0v) is 15.3. The molecule has 0 unspecified atom stereocenters. The molecule has 0 saturated heterocycles. The molecule has 0 spiro atoms. The minimum atomic E-state index is -1.00. The van der Waals surface area contributed by atoms with E-state index in [1.165, 1.54) is 16.3 Å². The molecule has 1 aromatic carbocycles. The minimum absolute atomic E-state index is 0.0745. The highest BCUT2D eigenvalue weighted by Crippen LogP contribution is 2.33. The van der Waals surface area contributed by atoms with Crippen LogP contribution in [0, 0.1) is 6.92 Å². The average molecular weight is 365 g/mol. The number of benzene rings is 1. The van der Waals surface area contributed by atoms with Crippen molar-refractivity contribution < 1.29 is 9.90 Å². The van der Waals surface area contributed by atoms with E-state index < -0.39 is 5.97 Å². The van der Waals surface area contributed by atoms with Gasteiger partial charge in [-0.3, -0.25) is 0 Å². The summed E-state index contributed by atoms with van der Waals surface area (Å²) in [5, 5.41) is 10.2. The summed E-state index contributed by atoms with van der Waals surface area (Å²) in [6, 6.07) is 9.41. The largest absolute Gasteiger partial charge is 0.477 e. The topological polar surface area (TPSA) is 66.3 Å². The number of hydrogen-bond donors (Lipinski definition) is 1. The number of carboxylic acids is 1. The number of nitrogens with zero attached hydrogens (tertiary/aromatic N) is 3. The Morgan fingerprint density at radius 1 is 1.27 bits per heavy atom. The van der Waals surface area contributed by atoms with Gasteiger partial charge < -0.3 is 10.0 Å². The normalized spacial score (nSPS) is 14.1. The molecule has 0 aliphatic carbocycles. The monoisotopic (exact) mass is 365 g/mol. The van der Waals surface area contributed by atoms with Crippen molar-refractivity contribution in [3.8, 4) is 0 Å². The van der Waals surface area contributed by atoms with Crippen LogP contribution in [0.25, 0.3) is 10.2 Å². The Balaban J connectivity index is 1.72. The Labute approximate surface area is 155 Å². The SMILES string of the molecule is Cc1cc(Cc2cccc(C(=O)O)n2)c2nc(N3CC=CCC3)sc2c1. The summed E-state index contributed by atoms with van der Waals surface area (Å²) in [6.07, 6.45) is 6.01. The van der Waals surface area contributed by atoms with Gasteiger partial charge in [0.2, 0.25) is 0 Å². The van der Waals surface area contributed by atoms with Gasteiger partial charge in [0.05, 0.1) is 10.2 Å². The number of aromatic nitrogens is 2. The molecule has 132 valence electrons. The third-order valence-corrected chi connectivity index (χ3v) is 5.50. The number of rotatable bonds is 4. The first kappa shape index (κ1) is 16.7. The summed E-state index contributed by atoms with van der Waals surface area (Å²) in [7, 11) is 0. The smallest absolute Gasteiger partial charge is 0.354 e. The number of carbonyl (C=O) groups is 1. The number of aromatic carboxylic acids is 1. The second-order valence-corrected chi connectivity index (χ2v) is 7.48. The maximum atomic E-state index is 11.2. The molecule has 6 heteroatoms. The third-order valence-electron chi connectivity index (χ3n) is 4.43. The summed E-state index contributed by atoms with van der Waals surface area (Å²) in [4.78, 5) is 22.6. The average Bonchev–Trinajstić information content (AvgIpc) is 3.07. The lowest BCUT2D eigenvalue weighted by Crippen LogP contribution is -2.26. The number of pyridine rings is 1. The van der Waals surface area contributed by atoms with Crippen LogP contribution in [-0.4, -0.2) is 34.1 Å². The first-order chi connectivity index (χ1) is 12.6. The van der Waals surface area contributed by atoms with Gasteiger partial charge in [0.25, 0.3) is 0 Å². The fourth-order valence-corrected chi connectivity index (χ4v) is 4.36. The summed E-state index contributed by atoms with van der Waals surface area (Å²) >= 11 is 1.72. The number of thiazole rings is 1. The molecule has 0 saturated carbocycles. The lowest BCUT2D eigenvalue weighted by Gasteiger charge is -2.22. The zero-order valence-electron chi connectivity index (χ0n) is 14.5. The van der Waals surface area contributed by atoms with E-state index in [4.69, 9.17) is 10.1 Å². The molecule has 0 radical (unpaired) electrons. The van der Waals surface area contributed by atoms with Crippen molar-refractivity contribution in [3.05, 3.63) is 65.0 Å². The molecule has 0 fully saturated rings. The van der Waals surface area contributed by atoms with Crippen molar-refractivity contribution in [2.24, 2.45) is 0 Å². The van der Waals surface area contributed by atoms with Crippen LogP contribution in [0.2, 0.25) is 0 Å². The number of hydrogen-bond acceptors (Lipinski definition) is 5. The molecule has 3 aromatic rings. The molecule has 3 heterocycles. The summed E-state index contributed by atoms with van der Waals surface area (Å²) in [5.74, 6) is -1.00. The van der Waals surface area contributed by atoms with Crippen LogP contribution >= 0.6 is 11.3 Å². The Bertz CT molecular complexity index is 1010. The van der Waals surface area contributed by atoms with Gasteiger partial charge in [0.15, 0.2) is 5.13 Å². The number of aryl methyl sites for hydroxylation is 1. The Kier molecular flexibility index (Phi) is 4.42. The maximum Gasteiger partial charge on any atom is 0.354 e. The predicted molar refractivity (Wildman–Crippen MR) is 104 cm³/mol. The molecule has 0 amide bonds. The number of carboxylic acid groups (broad SMARTS) is 1. The van der Waals surface area contributed by atoms with Crippen molar-refractivity contribution in [3.63, 3.8) is 0 Å². The van der Waals surface area contributed by atoms with Crippen molar-refractivity contribution in [2.75, 3.05) is 18.0 Å². The highest BCUT2D eigenvalue weighted by atomic mass is 32.1. The quantitative estimate of drug-likeness (QED) is 0.707. The first-order valence-electron chi connectivity index (χ1n) is 8.59. The molecule has 4 rings (SSSR count). The van der Waals surface area contributed by atoms with Gasteiger partial charge in [0.1, 0.15) is 5.69 Å². The number of anilines is 1. The van der Waals surface area contributed by atoms with Gasteiger partial charge in [-0.05, 0) is 42.7 Å². The van der Waals surface area contributed by atoms with Gasteiger partial charge in [0, 0.05) is 25.2 Å². The standard InChI is InChI=1S/C20H19N3O2S/c1-13-10-14(12-15-6-5-7-16(21-15)19(24)25)18-17(11-13)26-20(22-18)23-8-3-2-4-9-23/h2-3,5-7,10-11H,4,8-9,12H2,1H3,(H,24,25). The van der Waals surface area contributed by atoms with Crippen LogP contribution < -0.4 is 4.90 Å². The van der Waals surface area contributed by atoms with Crippen LogP contribution in [0.15, 0.2) is 42.5 Å². The molecule has 5 nitrogen and oxygen atoms in total. The zero-order chi connectivity index (χ0) is 18.1. The van der Waals surface area contributed by atoms with Crippen molar-refractivity contribution in [1.29, 1.82) is 0 Å². The third kappa shape index (κ3) is 3.32. The van der Waals surface area contributed by atoms with E-state index in [9.17, 15) is 4.79 Å². The Hall–Kier alpha value is -2.73. The molecular formula is C20H19N3O2S. The van der Waals surface area contributed by atoms with E-state index in [0.29, 0.717) is 6.42 Å². The maximum absolute atomic E-state index is 11.2. The predicted octanol–water partition coefficient (Wildman–Crippen LogP) is 4.06. The summed E-state index contributed by atoms with van der Waals surface area (Å²) in [6.45, 7) is 3.97. The van der Waals surface area contributed by atoms with E-state index in [-0.39, 0.29) is 5.69 Å². The van der Waals surface area contributed by atoms with Gasteiger partial charge in [-0.25, -0.2) is 14.8 Å². The van der Waals surface area contributed by atoms with Crippen LogP contribution in [0.5, 0.6) is 0 Å². The first-order valence-corrected chi connectivity index (χ1v) is 9.41. The van der Waals surface area contributed by atoms with Crippen molar-refractivity contribution in [2.45, 2.75) is 19.8 Å². The summed E-state index contributed by atoms with van der Waals surface area (Å²) in [5.41, 5.74) is 4.08. The second kappa shape index (κ2) is 6.88. The molecule has 26 heavy (non-hydrogen) atoms. The number of fused-ring (bicyclic) bond motifs is 1. The fourth-order valence-electron chi connectivity index (χ4n) is 3.22. The fraction of sp³-hybridized carbons (Fsp3) is 0.250. The van der Waals surface area contributed by atoms with Crippen LogP contribution in [-0.2, 0) is 6.42 Å². The lowest BCUT2D eigenvalue weighted by molar-refractivity contribution is 0.0690. The van der Waals surface area contributed by atoms with Crippen LogP contribution in [0.3, 0.4) is 0 Å².